The number of urea groups is 1. The molecule has 2 heterocycles. The zero-order valence-corrected chi connectivity index (χ0v) is 11.1. The van der Waals surface area contributed by atoms with Gasteiger partial charge < -0.3 is 14.9 Å². The number of carbonyl (C=O) groups is 1. The van der Waals surface area contributed by atoms with E-state index in [1.54, 1.807) is 0 Å². The van der Waals surface area contributed by atoms with Crippen molar-refractivity contribution in [3.05, 3.63) is 0 Å². The van der Waals surface area contributed by atoms with Gasteiger partial charge in [0, 0.05) is 31.6 Å². The molecule has 3 atom stereocenters. The molecule has 0 bridgehead atoms. The summed E-state index contributed by atoms with van der Waals surface area (Å²) in [6, 6.07) is 0.532. The number of nitrogens with zero attached hydrogens (tertiary/aromatic N) is 2. The Hall–Kier alpha value is -0.770. The van der Waals surface area contributed by atoms with Crippen LogP contribution in [0.3, 0.4) is 0 Å². The Balaban J connectivity index is 1.68. The minimum absolute atomic E-state index is 0.179. The number of hydrogen-bond donors (Lipinski definition) is 1. The van der Waals surface area contributed by atoms with Crippen LogP contribution in [0, 0.1) is 5.92 Å². The van der Waals surface area contributed by atoms with Crippen molar-refractivity contribution in [2.45, 2.75) is 57.1 Å². The average Bonchev–Trinajstić information content (AvgIpc) is 3.09. The number of rotatable bonds is 1. The number of likely N-dealkylation sites (tertiary alicyclic amines) is 2. The number of hydrogen-bond acceptors (Lipinski definition) is 2. The second kappa shape index (κ2) is 5.08. The predicted octanol–water partition coefficient (Wildman–Crippen LogP) is 1.83. The molecule has 0 spiro atoms. The van der Waals surface area contributed by atoms with Crippen LogP contribution in [0.1, 0.15) is 44.9 Å². The molecule has 0 aromatic carbocycles. The molecule has 2 saturated heterocycles. The molecule has 3 aliphatic rings. The smallest absolute Gasteiger partial charge is 0.320 e. The van der Waals surface area contributed by atoms with E-state index in [1.165, 1.54) is 0 Å². The minimum atomic E-state index is -0.179. The highest BCUT2D eigenvalue weighted by atomic mass is 16.3. The van der Waals surface area contributed by atoms with E-state index in [2.05, 4.69) is 4.90 Å². The van der Waals surface area contributed by atoms with Gasteiger partial charge in [-0.05, 0) is 38.5 Å². The van der Waals surface area contributed by atoms with Gasteiger partial charge in [0.25, 0.3) is 0 Å². The van der Waals surface area contributed by atoms with E-state index in [1.807, 2.05) is 4.90 Å². The number of aliphatic hydroxyl groups excluding tert-OH is 1. The van der Waals surface area contributed by atoms with Gasteiger partial charge in [0.2, 0.25) is 0 Å². The Morgan fingerprint density at radius 1 is 0.944 bits per heavy atom. The molecule has 0 aromatic heterocycles. The lowest BCUT2D eigenvalue weighted by Gasteiger charge is -2.34. The average molecular weight is 252 g/mol. The van der Waals surface area contributed by atoms with Crippen molar-refractivity contribution in [2.75, 3.05) is 19.6 Å². The molecule has 18 heavy (non-hydrogen) atoms. The molecule has 0 radical (unpaired) electrons. The lowest BCUT2D eigenvalue weighted by molar-refractivity contribution is 0.0768. The van der Waals surface area contributed by atoms with E-state index in [0.717, 1.165) is 64.6 Å². The first-order chi connectivity index (χ1) is 8.77. The molecule has 2 amide bonds. The summed E-state index contributed by atoms with van der Waals surface area (Å²) in [5, 5.41) is 10.1. The third-order valence-corrected chi connectivity index (χ3v) is 4.95. The van der Waals surface area contributed by atoms with Gasteiger partial charge >= 0.3 is 6.03 Å². The maximum Gasteiger partial charge on any atom is 0.320 e. The summed E-state index contributed by atoms with van der Waals surface area (Å²) >= 11 is 0. The largest absolute Gasteiger partial charge is 0.393 e. The van der Waals surface area contributed by atoms with Crippen LogP contribution in [0.5, 0.6) is 0 Å². The van der Waals surface area contributed by atoms with Crippen LogP contribution < -0.4 is 0 Å². The number of carbonyl (C=O) groups excluding carboxylic acids is 1. The summed E-state index contributed by atoms with van der Waals surface area (Å²) in [7, 11) is 0. The van der Waals surface area contributed by atoms with Crippen molar-refractivity contribution in [3.63, 3.8) is 0 Å². The van der Waals surface area contributed by atoms with Crippen molar-refractivity contribution in [3.8, 4) is 0 Å². The van der Waals surface area contributed by atoms with Crippen molar-refractivity contribution in [1.29, 1.82) is 0 Å². The van der Waals surface area contributed by atoms with Crippen LogP contribution in [0.25, 0.3) is 0 Å². The third-order valence-electron chi connectivity index (χ3n) is 4.95. The minimum Gasteiger partial charge on any atom is -0.393 e. The van der Waals surface area contributed by atoms with Crippen LogP contribution >= 0.6 is 0 Å². The second-order valence-corrected chi connectivity index (χ2v) is 6.04. The molecule has 1 N–H and O–H groups in total. The summed E-state index contributed by atoms with van der Waals surface area (Å²) in [5.74, 6) is 0.332. The van der Waals surface area contributed by atoms with Crippen molar-refractivity contribution < 1.29 is 9.90 Å². The van der Waals surface area contributed by atoms with E-state index in [-0.39, 0.29) is 12.1 Å². The topological polar surface area (TPSA) is 43.8 Å². The normalized spacial score (nSPS) is 36.6. The fourth-order valence-corrected chi connectivity index (χ4v) is 3.98. The molecule has 102 valence electrons. The summed E-state index contributed by atoms with van der Waals surface area (Å²) in [5.41, 5.74) is 0. The Kier molecular flexibility index (Phi) is 3.46. The van der Waals surface area contributed by atoms with Gasteiger partial charge in [-0.15, -0.1) is 0 Å². The molecule has 1 saturated carbocycles. The Labute approximate surface area is 109 Å². The maximum absolute atomic E-state index is 12.5. The first-order valence-electron chi connectivity index (χ1n) is 7.51. The van der Waals surface area contributed by atoms with E-state index in [4.69, 9.17) is 0 Å². The van der Waals surface area contributed by atoms with Gasteiger partial charge in [0.15, 0.2) is 0 Å². The van der Waals surface area contributed by atoms with Gasteiger partial charge in [-0.1, -0.05) is 6.42 Å². The summed E-state index contributed by atoms with van der Waals surface area (Å²) in [6.45, 7) is 2.74. The summed E-state index contributed by atoms with van der Waals surface area (Å²) < 4.78 is 0. The van der Waals surface area contributed by atoms with Gasteiger partial charge in [-0.25, -0.2) is 4.79 Å². The van der Waals surface area contributed by atoms with Gasteiger partial charge in [0.05, 0.1) is 6.10 Å². The molecule has 4 nitrogen and oxygen atoms in total. The standard InChI is InChI=1S/C14H24N2O2/c17-13-7-3-5-11(13)12-6-4-10-16(12)14(18)15-8-1-2-9-15/h11-13,17H,1-10H2. The SMILES string of the molecule is O=C(N1CCCC1)N1CCCC1C1CCCC1O. The summed E-state index contributed by atoms with van der Waals surface area (Å²) in [6.07, 6.45) is 7.44. The molecular weight excluding hydrogens is 228 g/mol. The highest BCUT2D eigenvalue weighted by Gasteiger charge is 2.41. The summed E-state index contributed by atoms with van der Waals surface area (Å²) in [4.78, 5) is 16.6. The molecule has 3 fully saturated rings. The number of amides is 2. The first-order valence-corrected chi connectivity index (χ1v) is 7.51. The van der Waals surface area contributed by atoms with Crippen LogP contribution in [-0.2, 0) is 0 Å². The molecule has 3 unspecified atom stereocenters. The fourth-order valence-electron chi connectivity index (χ4n) is 3.98. The highest BCUT2D eigenvalue weighted by molar-refractivity contribution is 5.75. The molecule has 2 aliphatic heterocycles. The Bertz CT molecular complexity index is 315. The molecule has 0 aromatic rings. The molecular formula is C14H24N2O2. The molecule has 3 rings (SSSR count). The predicted molar refractivity (Wildman–Crippen MR) is 69.3 cm³/mol. The highest BCUT2D eigenvalue weighted by Crippen LogP contribution is 2.36. The van der Waals surface area contributed by atoms with Crippen molar-refractivity contribution in [2.24, 2.45) is 5.92 Å². The van der Waals surface area contributed by atoms with E-state index < -0.39 is 0 Å². The molecule has 1 aliphatic carbocycles. The quantitative estimate of drug-likeness (QED) is 0.773. The zero-order valence-electron chi connectivity index (χ0n) is 11.1. The number of aliphatic hydroxyl groups is 1. The van der Waals surface area contributed by atoms with E-state index in [9.17, 15) is 9.90 Å². The second-order valence-electron chi connectivity index (χ2n) is 6.04. The van der Waals surface area contributed by atoms with Crippen molar-refractivity contribution >= 4 is 6.03 Å². The Morgan fingerprint density at radius 2 is 1.72 bits per heavy atom. The van der Waals surface area contributed by atoms with Gasteiger partial charge in [0.1, 0.15) is 0 Å². The zero-order chi connectivity index (χ0) is 12.5. The maximum atomic E-state index is 12.5. The van der Waals surface area contributed by atoms with Crippen LogP contribution in [0.4, 0.5) is 4.79 Å². The van der Waals surface area contributed by atoms with Crippen LogP contribution in [0.15, 0.2) is 0 Å². The fraction of sp³-hybridized carbons (Fsp3) is 0.929. The van der Waals surface area contributed by atoms with E-state index >= 15 is 0 Å². The van der Waals surface area contributed by atoms with Crippen molar-refractivity contribution in [1.82, 2.24) is 9.80 Å². The van der Waals surface area contributed by atoms with Gasteiger partial charge in [-0.3, -0.25) is 0 Å². The monoisotopic (exact) mass is 252 g/mol. The van der Waals surface area contributed by atoms with Gasteiger partial charge in [-0.2, -0.15) is 0 Å². The first kappa shape index (κ1) is 12.3. The van der Waals surface area contributed by atoms with Crippen LogP contribution in [0.2, 0.25) is 0 Å². The lowest BCUT2D eigenvalue weighted by atomic mass is 9.94. The lowest BCUT2D eigenvalue weighted by Crippen LogP contribution is -2.48. The van der Waals surface area contributed by atoms with E-state index in [0.29, 0.717) is 12.0 Å². The third kappa shape index (κ3) is 2.11. The van der Waals surface area contributed by atoms with Crippen LogP contribution in [-0.4, -0.2) is 52.7 Å². The Morgan fingerprint density at radius 3 is 2.39 bits per heavy atom. The molecule has 4 heteroatoms.